The number of nitrogens with one attached hydrogen (secondary N) is 1. The van der Waals surface area contributed by atoms with Crippen LogP contribution in [0.5, 0.6) is 5.75 Å². The molecule has 0 fully saturated rings. The summed E-state index contributed by atoms with van der Waals surface area (Å²) in [6.07, 6.45) is 0. The van der Waals surface area contributed by atoms with E-state index in [4.69, 9.17) is 16.5 Å². The molecule has 108 valence electrons. The Hall–Kier alpha value is -1.68. The number of nitrogens with zero attached hydrogens (tertiary/aromatic N) is 2. The van der Waals surface area contributed by atoms with E-state index in [0.717, 1.165) is 28.5 Å². The van der Waals surface area contributed by atoms with Gasteiger partial charge in [-0.15, -0.1) is 0 Å². The van der Waals surface area contributed by atoms with Gasteiger partial charge in [-0.3, -0.25) is 4.84 Å². The standard InChI is InChI=1S/C15H20ClN3O/c1-10-6-7-11(8-12(10)20-5)19-14(17-16)9-13(18-19)15(2,3)4/h6-9,17H,1-5H3. The van der Waals surface area contributed by atoms with E-state index >= 15 is 0 Å². The maximum atomic E-state index is 5.81. The molecule has 4 nitrogen and oxygen atoms in total. The third-order valence-corrected chi connectivity index (χ3v) is 3.40. The summed E-state index contributed by atoms with van der Waals surface area (Å²) in [5, 5.41) is 4.64. The molecule has 0 bridgehead atoms. The molecule has 5 heteroatoms. The van der Waals surface area contributed by atoms with Gasteiger partial charge in [-0.2, -0.15) is 5.10 Å². The lowest BCUT2D eigenvalue weighted by Crippen LogP contribution is -2.12. The Morgan fingerprint density at radius 2 is 1.95 bits per heavy atom. The van der Waals surface area contributed by atoms with Crippen LogP contribution < -0.4 is 9.57 Å². The second-order valence-corrected chi connectivity index (χ2v) is 6.01. The Labute approximate surface area is 124 Å². The van der Waals surface area contributed by atoms with Gasteiger partial charge in [-0.25, -0.2) is 4.68 Å². The highest BCUT2D eigenvalue weighted by molar-refractivity contribution is 6.23. The second kappa shape index (κ2) is 5.37. The van der Waals surface area contributed by atoms with Gasteiger partial charge >= 0.3 is 0 Å². The van der Waals surface area contributed by atoms with Gasteiger partial charge in [0.1, 0.15) is 11.6 Å². The van der Waals surface area contributed by atoms with Gasteiger partial charge in [0.15, 0.2) is 0 Å². The molecule has 0 aliphatic rings. The summed E-state index contributed by atoms with van der Waals surface area (Å²) in [4.78, 5) is 2.67. The number of aromatic nitrogens is 2. The molecule has 0 aliphatic heterocycles. The Morgan fingerprint density at radius 3 is 2.50 bits per heavy atom. The summed E-state index contributed by atoms with van der Waals surface area (Å²) < 4.78 is 7.15. The highest BCUT2D eigenvalue weighted by Crippen LogP contribution is 2.28. The van der Waals surface area contributed by atoms with Crippen molar-refractivity contribution in [3.05, 3.63) is 35.5 Å². The molecule has 1 heterocycles. The molecule has 0 unspecified atom stereocenters. The van der Waals surface area contributed by atoms with Crippen LogP contribution in [0.25, 0.3) is 5.69 Å². The number of rotatable bonds is 3. The molecule has 2 aromatic rings. The van der Waals surface area contributed by atoms with E-state index in [0.29, 0.717) is 0 Å². The summed E-state index contributed by atoms with van der Waals surface area (Å²) >= 11 is 5.81. The SMILES string of the molecule is COc1cc(-n2nc(C(C)(C)C)cc2NCl)ccc1C. The monoisotopic (exact) mass is 293 g/mol. The van der Waals surface area contributed by atoms with Crippen LogP contribution in [0.4, 0.5) is 5.82 Å². The van der Waals surface area contributed by atoms with Gasteiger partial charge in [0.25, 0.3) is 0 Å². The Balaban J connectivity index is 2.54. The van der Waals surface area contributed by atoms with E-state index in [-0.39, 0.29) is 5.41 Å². The van der Waals surface area contributed by atoms with Crippen molar-refractivity contribution in [3.8, 4) is 11.4 Å². The minimum Gasteiger partial charge on any atom is -0.496 e. The molecule has 0 atom stereocenters. The molecule has 0 saturated heterocycles. The number of halogens is 1. The average molecular weight is 294 g/mol. The van der Waals surface area contributed by atoms with Crippen molar-refractivity contribution in [2.45, 2.75) is 33.1 Å². The molecule has 1 aromatic carbocycles. The fourth-order valence-electron chi connectivity index (χ4n) is 1.95. The van der Waals surface area contributed by atoms with Crippen LogP contribution in [0, 0.1) is 6.92 Å². The molecular formula is C15H20ClN3O. The maximum Gasteiger partial charge on any atom is 0.144 e. The van der Waals surface area contributed by atoms with Crippen molar-refractivity contribution in [3.63, 3.8) is 0 Å². The van der Waals surface area contributed by atoms with Crippen molar-refractivity contribution < 1.29 is 4.74 Å². The number of aryl methyl sites for hydroxylation is 1. The lowest BCUT2D eigenvalue weighted by Gasteiger charge is -2.14. The minimum absolute atomic E-state index is 0.0392. The Kier molecular flexibility index (Phi) is 3.95. The van der Waals surface area contributed by atoms with Crippen LogP contribution in [0.15, 0.2) is 24.3 Å². The molecule has 20 heavy (non-hydrogen) atoms. The van der Waals surface area contributed by atoms with E-state index in [1.54, 1.807) is 11.8 Å². The zero-order valence-electron chi connectivity index (χ0n) is 12.5. The first-order chi connectivity index (χ1) is 9.36. The molecule has 0 radical (unpaired) electrons. The molecule has 1 N–H and O–H groups in total. The van der Waals surface area contributed by atoms with Crippen molar-refractivity contribution in [1.29, 1.82) is 0 Å². The van der Waals surface area contributed by atoms with Crippen LogP contribution in [0.1, 0.15) is 32.0 Å². The van der Waals surface area contributed by atoms with Crippen LogP contribution in [-0.4, -0.2) is 16.9 Å². The van der Waals surface area contributed by atoms with Crippen LogP contribution >= 0.6 is 11.8 Å². The summed E-state index contributed by atoms with van der Waals surface area (Å²) in [5.41, 5.74) is 2.92. The first-order valence-electron chi connectivity index (χ1n) is 6.49. The number of methoxy groups -OCH3 is 1. The first kappa shape index (κ1) is 14.7. The van der Waals surface area contributed by atoms with Gasteiger partial charge in [0.2, 0.25) is 0 Å². The second-order valence-electron chi connectivity index (χ2n) is 5.83. The van der Waals surface area contributed by atoms with Crippen LogP contribution in [-0.2, 0) is 5.41 Å². The van der Waals surface area contributed by atoms with Gasteiger partial charge in [0.05, 0.1) is 18.5 Å². The predicted molar refractivity (Wildman–Crippen MR) is 83.0 cm³/mol. The van der Waals surface area contributed by atoms with E-state index in [2.05, 4.69) is 30.7 Å². The molecule has 0 spiro atoms. The fraction of sp³-hybridized carbons (Fsp3) is 0.400. The van der Waals surface area contributed by atoms with Crippen LogP contribution in [0.2, 0.25) is 0 Å². The highest BCUT2D eigenvalue weighted by atomic mass is 35.5. The third kappa shape index (κ3) is 2.75. The van der Waals surface area contributed by atoms with Crippen LogP contribution in [0.3, 0.4) is 0 Å². The summed E-state index contributed by atoms with van der Waals surface area (Å²) in [6, 6.07) is 7.91. The number of hydrogen-bond donors (Lipinski definition) is 1. The smallest absolute Gasteiger partial charge is 0.144 e. The van der Waals surface area contributed by atoms with Crippen molar-refractivity contribution >= 4 is 17.6 Å². The molecule has 0 aliphatic carbocycles. The topological polar surface area (TPSA) is 39.1 Å². The van der Waals surface area contributed by atoms with Crippen molar-refractivity contribution in [2.75, 3.05) is 11.9 Å². The zero-order chi connectivity index (χ0) is 14.9. The minimum atomic E-state index is -0.0392. The summed E-state index contributed by atoms with van der Waals surface area (Å²) in [5.74, 6) is 1.57. The number of hydrogen-bond acceptors (Lipinski definition) is 3. The quantitative estimate of drug-likeness (QED) is 0.868. The van der Waals surface area contributed by atoms with E-state index < -0.39 is 0 Å². The van der Waals surface area contributed by atoms with Gasteiger partial charge in [0, 0.05) is 29.3 Å². The van der Waals surface area contributed by atoms with Gasteiger partial charge < -0.3 is 4.74 Å². The summed E-state index contributed by atoms with van der Waals surface area (Å²) in [6.45, 7) is 8.36. The molecular weight excluding hydrogens is 274 g/mol. The Morgan fingerprint density at radius 1 is 1.25 bits per heavy atom. The predicted octanol–water partition coefficient (Wildman–Crippen LogP) is 4.05. The maximum absolute atomic E-state index is 5.81. The highest BCUT2D eigenvalue weighted by Gasteiger charge is 2.20. The largest absolute Gasteiger partial charge is 0.496 e. The molecule has 1 aromatic heterocycles. The lowest BCUT2D eigenvalue weighted by molar-refractivity contribution is 0.411. The normalized spacial score (nSPS) is 11.5. The van der Waals surface area contributed by atoms with E-state index in [1.807, 2.05) is 31.2 Å². The van der Waals surface area contributed by atoms with Gasteiger partial charge in [-0.1, -0.05) is 26.8 Å². The molecule has 2 rings (SSSR count). The number of ether oxygens (including phenoxy) is 1. The van der Waals surface area contributed by atoms with Crippen molar-refractivity contribution in [1.82, 2.24) is 9.78 Å². The Bertz CT molecular complexity index is 614. The van der Waals surface area contributed by atoms with Crippen molar-refractivity contribution in [2.24, 2.45) is 0 Å². The van der Waals surface area contributed by atoms with E-state index in [1.165, 1.54) is 0 Å². The molecule has 0 amide bonds. The summed E-state index contributed by atoms with van der Waals surface area (Å²) in [7, 11) is 1.66. The average Bonchev–Trinajstić information content (AvgIpc) is 2.83. The van der Waals surface area contributed by atoms with E-state index in [9.17, 15) is 0 Å². The number of anilines is 1. The third-order valence-electron chi connectivity index (χ3n) is 3.21. The first-order valence-corrected chi connectivity index (χ1v) is 6.87. The zero-order valence-corrected chi connectivity index (χ0v) is 13.2. The van der Waals surface area contributed by atoms with Gasteiger partial charge in [-0.05, 0) is 18.6 Å². The lowest BCUT2D eigenvalue weighted by atomic mass is 9.92. The molecule has 0 saturated carbocycles. The fourth-order valence-corrected chi connectivity index (χ4v) is 2.09. The number of benzene rings is 1.